The summed E-state index contributed by atoms with van der Waals surface area (Å²) in [5, 5.41) is 16.9. The van der Waals surface area contributed by atoms with Gasteiger partial charge in [-0.25, -0.2) is 0 Å². The van der Waals surface area contributed by atoms with E-state index in [1.807, 2.05) is 5.92 Å². The predicted octanol–water partition coefficient (Wildman–Crippen LogP) is -0.639. The van der Waals surface area contributed by atoms with Gasteiger partial charge >= 0.3 is 0 Å². The average Bonchev–Trinajstić information content (AvgIpc) is 1.65. The summed E-state index contributed by atoms with van der Waals surface area (Å²) in [6.45, 7) is 1.44. The van der Waals surface area contributed by atoms with E-state index in [1.54, 1.807) is 0 Å². The summed E-state index contributed by atoms with van der Waals surface area (Å²) in [7, 11) is 0. The maximum atomic E-state index is 8.45. The van der Waals surface area contributed by atoms with Crippen molar-refractivity contribution in [1.29, 1.82) is 0 Å². The first kappa shape index (κ1) is 6.48. The van der Waals surface area contributed by atoms with Crippen molar-refractivity contribution in [2.45, 2.75) is 19.1 Å². The first-order valence-electron chi connectivity index (χ1n) is 2.00. The van der Waals surface area contributed by atoms with E-state index in [-0.39, 0.29) is 0 Å². The summed E-state index contributed by atoms with van der Waals surface area (Å²) in [5.74, 6) is 1.97. The first-order valence-corrected chi connectivity index (χ1v) is 2.00. The normalized spacial score (nSPS) is 17.4. The second kappa shape index (κ2) is 2.62. The molecule has 0 aliphatic carbocycles. The van der Waals surface area contributed by atoms with E-state index in [0.29, 0.717) is 0 Å². The smallest absolute Gasteiger partial charge is 0.139 e. The molecule has 2 heteroatoms. The summed E-state index contributed by atoms with van der Waals surface area (Å²) < 4.78 is 0. The van der Waals surface area contributed by atoms with Crippen LogP contribution in [-0.2, 0) is 0 Å². The van der Waals surface area contributed by atoms with Crippen LogP contribution in [0, 0.1) is 12.3 Å². The summed E-state index contributed by atoms with van der Waals surface area (Å²) in [5.41, 5.74) is 0. The molecule has 7 heavy (non-hydrogen) atoms. The van der Waals surface area contributed by atoms with Crippen molar-refractivity contribution in [2.24, 2.45) is 0 Å². The van der Waals surface area contributed by atoms with Gasteiger partial charge in [0.25, 0.3) is 0 Å². The molecule has 0 aromatic heterocycles. The fourth-order valence-corrected chi connectivity index (χ4v) is 0.139. The van der Waals surface area contributed by atoms with Crippen LogP contribution in [0.3, 0.4) is 0 Å². The van der Waals surface area contributed by atoms with Crippen LogP contribution in [0.2, 0.25) is 0 Å². The Balaban J connectivity index is 3.40. The molecule has 0 radical (unpaired) electrons. The quantitative estimate of drug-likeness (QED) is 0.430. The minimum Gasteiger partial charge on any atom is -0.390 e. The largest absolute Gasteiger partial charge is 0.390 e. The van der Waals surface area contributed by atoms with Gasteiger partial charge < -0.3 is 10.2 Å². The molecular formula is C5H8O2. The molecule has 0 spiro atoms. The number of hydrogen-bond acceptors (Lipinski definition) is 2. The van der Waals surface area contributed by atoms with Crippen LogP contribution in [-0.4, -0.2) is 22.4 Å². The van der Waals surface area contributed by atoms with Crippen molar-refractivity contribution >= 4 is 0 Å². The lowest BCUT2D eigenvalue weighted by Gasteiger charge is -2.03. The highest BCUT2D eigenvalue weighted by molar-refractivity contribution is 4.95. The van der Waals surface area contributed by atoms with Crippen LogP contribution in [0.1, 0.15) is 6.92 Å². The average molecular weight is 100 g/mol. The van der Waals surface area contributed by atoms with Gasteiger partial charge in [-0.15, -0.1) is 6.42 Å². The Bertz CT molecular complexity index is 80.6. The van der Waals surface area contributed by atoms with Crippen molar-refractivity contribution < 1.29 is 10.2 Å². The number of aliphatic hydroxyl groups is 2. The molecule has 0 bridgehead atoms. The van der Waals surface area contributed by atoms with Crippen LogP contribution in [0.4, 0.5) is 0 Å². The lowest BCUT2D eigenvalue weighted by molar-refractivity contribution is 0.0678. The summed E-state index contributed by atoms with van der Waals surface area (Å²) in [6.07, 6.45) is 2.88. The van der Waals surface area contributed by atoms with E-state index >= 15 is 0 Å². The molecule has 0 aliphatic rings. The van der Waals surface area contributed by atoms with Gasteiger partial charge in [0, 0.05) is 0 Å². The Morgan fingerprint density at radius 3 is 2.00 bits per heavy atom. The van der Waals surface area contributed by atoms with E-state index in [1.165, 1.54) is 6.92 Å². The van der Waals surface area contributed by atoms with Gasteiger partial charge in [-0.3, -0.25) is 0 Å². The van der Waals surface area contributed by atoms with E-state index in [2.05, 4.69) is 0 Å². The topological polar surface area (TPSA) is 40.5 Å². The fourth-order valence-electron chi connectivity index (χ4n) is 0.139. The second-order valence-corrected chi connectivity index (χ2v) is 1.35. The fraction of sp³-hybridized carbons (Fsp3) is 0.600. The van der Waals surface area contributed by atoms with Crippen molar-refractivity contribution in [3.63, 3.8) is 0 Å². The Morgan fingerprint density at radius 1 is 1.57 bits per heavy atom. The van der Waals surface area contributed by atoms with Crippen molar-refractivity contribution in [2.75, 3.05) is 0 Å². The molecule has 2 atom stereocenters. The third-order valence-corrected chi connectivity index (χ3v) is 0.628. The van der Waals surface area contributed by atoms with Gasteiger partial charge in [0.2, 0.25) is 0 Å². The first-order chi connectivity index (χ1) is 3.18. The molecule has 0 aromatic rings. The van der Waals surface area contributed by atoms with E-state index in [0.717, 1.165) is 0 Å². The molecule has 2 nitrogen and oxygen atoms in total. The zero-order valence-electron chi connectivity index (χ0n) is 4.13. The standard InChI is InChI=1S/C5H8O2/c1-3-5(7)4(2)6/h1,4-7H,2H3/t4-,5-/m0/s1. The van der Waals surface area contributed by atoms with Crippen molar-refractivity contribution in [3.8, 4) is 12.3 Å². The zero-order chi connectivity index (χ0) is 5.86. The van der Waals surface area contributed by atoms with Gasteiger partial charge in [0.15, 0.2) is 0 Å². The SMILES string of the molecule is C#C[C@H](O)[C@H](C)O. The molecule has 0 aromatic carbocycles. The molecule has 0 unspecified atom stereocenters. The highest BCUT2D eigenvalue weighted by Crippen LogP contribution is 1.86. The van der Waals surface area contributed by atoms with Crippen LogP contribution in [0.25, 0.3) is 0 Å². The molecule has 0 aliphatic heterocycles. The molecule has 0 saturated carbocycles. The molecule has 40 valence electrons. The van der Waals surface area contributed by atoms with Gasteiger partial charge in [0.05, 0.1) is 6.10 Å². The molecule has 0 rings (SSSR count). The maximum Gasteiger partial charge on any atom is 0.139 e. The predicted molar refractivity (Wildman–Crippen MR) is 26.5 cm³/mol. The molecule has 0 heterocycles. The molecule has 0 saturated heterocycles. The lowest BCUT2D eigenvalue weighted by Crippen LogP contribution is -2.19. The van der Waals surface area contributed by atoms with Crippen LogP contribution < -0.4 is 0 Å². The third kappa shape index (κ3) is 2.21. The van der Waals surface area contributed by atoms with Gasteiger partial charge in [0.1, 0.15) is 6.10 Å². The van der Waals surface area contributed by atoms with Crippen molar-refractivity contribution in [1.82, 2.24) is 0 Å². The maximum absolute atomic E-state index is 8.45. The van der Waals surface area contributed by atoms with E-state index < -0.39 is 12.2 Å². The third-order valence-electron chi connectivity index (χ3n) is 0.628. The van der Waals surface area contributed by atoms with Gasteiger partial charge in [-0.2, -0.15) is 0 Å². The number of hydrogen-bond donors (Lipinski definition) is 2. The highest BCUT2D eigenvalue weighted by Gasteiger charge is 2.03. The number of rotatable bonds is 1. The second-order valence-electron chi connectivity index (χ2n) is 1.35. The minimum absolute atomic E-state index is 0.815. The molecule has 2 N–H and O–H groups in total. The monoisotopic (exact) mass is 100 g/mol. The number of aliphatic hydroxyl groups excluding tert-OH is 2. The zero-order valence-corrected chi connectivity index (χ0v) is 4.13. The molecular weight excluding hydrogens is 92.1 g/mol. The Morgan fingerprint density at radius 2 is 2.00 bits per heavy atom. The Kier molecular flexibility index (Phi) is 2.42. The molecule has 0 fully saturated rings. The van der Waals surface area contributed by atoms with Crippen LogP contribution in [0.15, 0.2) is 0 Å². The van der Waals surface area contributed by atoms with Crippen LogP contribution in [0.5, 0.6) is 0 Å². The number of terminal acetylenes is 1. The summed E-state index contributed by atoms with van der Waals surface area (Å²) >= 11 is 0. The minimum atomic E-state index is -1.01. The Hall–Kier alpha value is -0.520. The van der Waals surface area contributed by atoms with Crippen LogP contribution >= 0.6 is 0 Å². The summed E-state index contributed by atoms with van der Waals surface area (Å²) in [6, 6.07) is 0. The van der Waals surface area contributed by atoms with E-state index in [4.69, 9.17) is 16.6 Å². The van der Waals surface area contributed by atoms with Crippen molar-refractivity contribution in [3.05, 3.63) is 0 Å². The van der Waals surface area contributed by atoms with E-state index in [9.17, 15) is 0 Å². The highest BCUT2D eigenvalue weighted by atomic mass is 16.3. The summed E-state index contributed by atoms with van der Waals surface area (Å²) in [4.78, 5) is 0. The van der Waals surface area contributed by atoms with Gasteiger partial charge in [-0.05, 0) is 6.92 Å². The Labute approximate surface area is 42.8 Å². The molecule has 0 amide bonds. The lowest BCUT2D eigenvalue weighted by atomic mass is 10.2. The van der Waals surface area contributed by atoms with Gasteiger partial charge in [-0.1, -0.05) is 5.92 Å².